The molecule has 0 bridgehead atoms. The fourth-order valence-corrected chi connectivity index (χ4v) is 6.25. The van der Waals surface area contributed by atoms with E-state index in [1.54, 1.807) is 12.1 Å². The quantitative estimate of drug-likeness (QED) is 0.289. The lowest BCUT2D eigenvalue weighted by atomic mass is 9.95. The number of hydrogen-bond donors (Lipinski definition) is 0. The summed E-state index contributed by atoms with van der Waals surface area (Å²) in [5, 5.41) is 3.96. The lowest BCUT2D eigenvalue weighted by Gasteiger charge is -2.15. The fourth-order valence-electron chi connectivity index (χ4n) is 4.71. The molecule has 4 heteroatoms. The molecule has 0 spiro atoms. The van der Waals surface area contributed by atoms with Crippen molar-refractivity contribution in [2.75, 3.05) is 0 Å². The SMILES string of the molecule is Cc1ccc(S(=O)(=O)n2c3ccccc3c3cc4ccccc4c(-c4ccccc4)c32)cc1. The van der Waals surface area contributed by atoms with E-state index in [0.717, 1.165) is 38.2 Å². The van der Waals surface area contributed by atoms with Crippen LogP contribution in [0.2, 0.25) is 0 Å². The summed E-state index contributed by atoms with van der Waals surface area (Å²) in [7, 11) is -3.85. The van der Waals surface area contributed by atoms with E-state index in [1.807, 2.05) is 85.8 Å². The minimum absolute atomic E-state index is 0.280. The van der Waals surface area contributed by atoms with Gasteiger partial charge in [0.25, 0.3) is 10.0 Å². The van der Waals surface area contributed by atoms with E-state index >= 15 is 0 Å². The van der Waals surface area contributed by atoms with Crippen LogP contribution in [0.15, 0.2) is 114 Å². The van der Waals surface area contributed by atoms with Crippen LogP contribution in [-0.2, 0) is 10.0 Å². The van der Waals surface area contributed by atoms with Crippen LogP contribution in [0.3, 0.4) is 0 Å². The number of para-hydroxylation sites is 1. The van der Waals surface area contributed by atoms with Gasteiger partial charge in [0.15, 0.2) is 0 Å². The Morgan fingerprint density at radius 1 is 0.636 bits per heavy atom. The molecule has 160 valence electrons. The minimum Gasteiger partial charge on any atom is -0.233 e. The number of rotatable bonds is 3. The van der Waals surface area contributed by atoms with Crippen molar-refractivity contribution in [1.29, 1.82) is 0 Å². The maximum atomic E-state index is 14.1. The Labute approximate surface area is 192 Å². The maximum absolute atomic E-state index is 14.1. The molecule has 0 atom stereocenters. The molecule has 6 rings (SSSR count). The molecule has 0 fully saturated rings. The van der Waals surface area contributed by atoms with E-state index in [1.165, 1.54) is 3.97 Å². The van der Waals surface area contributed by atoms with Crippen molar-refractivity contribution in [2.24, 2.45) is 0 Å². The van der Waals surface area contributed by atoms with E-state index in [9.17, 15) is 8.42 Å². The zero-order chi connectivity index (χ0) is 22.6. The average Bonchev–Trinajstić information content (AvgIpc) is 3.18. The molecule has 0 saturated carbocycles. The Balaban J connectivity index is 1.87. The van der Waals surface area contributed by atoms with Crippen molar-refractivity contribution in [3.05, 3.63) is 115 Å². The Morgan fingerprint density at radius 3 is 2.03 bits per heavy atom. The number of aryl methyl sites for hydroxylation is 1. The third-order valence-corrected chi connectivity index (χ3v) is 7.99. The highest BCUT2D eigenvalue weighted by atomic mass is 32.2. The van der Waals surface area contributed by atoms with Crippen molar-refractivity contribution >= 4 is 42.6 Å². The third kappa shape index (κ3) is 2.99. The molecule has 0 amide bonds. The van der Waals surface area contributed by atoms with Crippen LogP contribution in [0.4, 0.5) is 0 Å². The second-order valence-electron chi connectivity index (χ2n) is 8.33. The number of nitrogens with zero attached hydrogens (tertiary/aromatic N) is 1. The maximum Gasteiger partial charge on any atom is 0.268 e. The predicted octanol–water partition coefficient (Wildman–Crippen LogP) is 7.16. The second kappa shape index (κ2) is 7.32. The van der Waals surface area contributed by atoms with Crippen LogP contribution in [0.25, 0.3) is 43.7 Å². The molecule has 6 aromatic rings. The summed E-state index contributed by atoms with van der Waals surface area (Å²) in [6.07, 6.45) is 0. The van der Waals surface area contributed by atoms with E-state index in [2.05, 4.69) is 18.2 Å². The van der Waals surface area contributed by atoms with Crippen molar-refractivity contribution in [3.8, 4) is 11.1 Å². The van der Waals surface area contributed by atoms with Gasteiger partial charge in [0.2, 0.25) is 0 Å². The summed E-state index contributed by atoms with van der Waals surface area (Å²) in [4.78, 5) is 0.280. The lowest BCUT2D eigenvalue weighted by Crippen LogP contribution is -2.13. The van der Waals surface area contributed by atoms with Gasteiger partial charge in [-0.2, -0.15) is 0 Å². The van der Waals surface area contributed by atoms with Gasteiger partial charge in [0.1, 0.15) is 0 Å². The van der Waals surface area contributed by atoms with Crippen LogP contribution in [0.1, 0.15) is 5.56 Å². The van der Waals surface area contributed by atoms with Crippen LogP contribution < -0.4 is 0 Å². The summed E-state index contributed by atoms with van der Waals surface area (Å²) in [6, 6.07) is 35.1. The molecule has 3 nitrogen and oxygen atoms in total. The topological polar surface area (TPSA) is 39.1 Å². The van der Waals surface area contributed by atoms with Gasteiger partial charge in [-0.15, -0.1) is 0 Å². The summed E-state index contributed by atoms with van der Waals surface area (Å²) in [6.45, 7) is 1.95. The van der Waals surface area contributed by atoms with Gasteiger partial charge in [-0.05, 0) is 47.5 Å². The van der Waals surface area contributed by atoms with Crippen LogP contribution in [0, 0.1) is 6.92 Å². The fraction of sp³-hybridized carbons (Fsp3) is 0.0345. The number of fused-ring (bicyclic) bond motifs is 4. The first-order chi connectivity index (χ1) is 16.1. The molecule has 0 aliphatic carbocycles. The van der Waals surface area contributed by atoms with E-state index in [0.29, 0.717) is 11.0 Å². The monoisotopic (exact) mass is 447 g/mol. The van der Waals surface area contributed by atoms with E-state index in [-0.39, 0.29) is 4.90 Å². The smallest absolute Gasteiger partial charge is 0.233 e. The molecule has 1 aromatic heterocycles. The first-order valence-corrected chi connectivity index (χ1v) is 12.3. The van der Waals surface area contributed by atoms with Crippen LogP contribution in [0.5, 0.6) is 0 Å². The molecular formula is C29H21NO2S. The molecular weight excluding hydrogens is 426 g/mol. The van der Waals surface area contributed by atoms with Gasteiger partial charge in [-0.3, -0.25) is 0 Å². The molecule has 0 saturated heterocycles. The first-order valence-electron chi connectivity index (χ1n) is 10.9. The lowest BCUT2D eigenvalue weighted by molar-refractivity contribution is 0.590. The number of benzene rings is 5. The summed E-state index contributed by atoms with van der Waals surface area (Å²) >= 11 is 0. The van der Waals surface area contributed by atoms with E-state index in [4.69, 9.17) is 0 Å². The van der Waals surface area contributed by atoms with Gasteiger partial charge >= 0.3 is 0 Å². The second-order valence-corrected chi connectivity index (χ2v) is 10.1. The summed E-state index contributed by atoms with van der Waals surface area (Å²) in [5.74, 6) is 0. The molecule has 33 heavy (non-hydrogen) atoms. The Hall–Kier alpha value is -3.89. The highest BCUT2D eigenvalue weighted by Crippen LogP contribution is 2.42. The largest absolute Gasteiger partial charge is 0.268 e. The Kier molecular flexibility index (Phi) is 4.39. The normalized spacial score (nSPS) is 12.0. The number of hydrogen-bond acceptors (Lipinski definition) is 2. The zero-order valence-electron chi connectivity index (χ0n) is 18.1. The van der Waals surface area contributed by atoms with Crippen LogP contribution in [-0.4, -0.2) is 12.4 Å². The van der Waals surface area contributed by atoms with Crippen molar-refractivity contribution in [1.82, 2.24) is 3.97 Å². The summed E-state index contributed by atoms with van der Waals surface area (Å²) in [5.41, 5.74) is 4.33. The third-order valence-electron chi connectivity index (χ3n) is 6.26. The average molecular weight is 448 g/mol. The zero-order valence-corrected chi connectivity index (χ0v) is 18.9. The highest BCUT2D eigenvalue weighted by molar-refractivity contribution is 7.90. The first kappa shape index (κ1) is 19.8. The Morgan fingerprint density at radius 2 is 1.27 bits per heavy atom. The molecule has 0 unspecified atom stereocenters. The molecule has 0 aliphatic rings. The van der Waals surface area contributed by atoms with Crippen molar-refractivity contribution in [2.45, 2.75) is 11.8 Å². The van der Waals surface area contributed by atoms with Gasteiger partial charge in [-0.25, -0.2) is 12.4 Å². The van der Waals surface area contributed by atoms with E-state index < -0.39 is 10.0 Å². The molecule has 5 aromatic carbocycles. The van der Waals surface area contributed by atoms with Crippen molar-refractivity contribution < 1.29 is 8.42 Å². The van der Waals surface area contributed by atoms with Gasteiger partial charge in [0, 0.05) is 16.3 Å². The molecule has 1 heterocycles. The highest BCUT2D eigenvalue weighted by Gasteiger charge is 2.26. The Bertz CT molecular complexity index is 1760. The number of aromatic nitrogens is 1. The van der Waals surface area contributed by atoms with Crippen molar-refractivity contribution in [3.63, 3.8) is 0 Å². The van der Waals surface area contributed by atoms with Gasteiger partial charge in [0.05, 0.1) is 15.9 Å². The van der Waals surface area contributed by atoms with Crippen LogP contribution >= 0.6 is 0 Å². The van der Waals surface area contributed by atoms with Gasteiger partial charge < -0.3 is 0 Å². The molecule has 0 aliphatic heterocycles. The molecule has 0 N–H and O–H groups in total. The standard InChI is InChI=1S/C29H21NO2S/c1-20-15-17-23(18-16-20)33(31,32)30-27-14-8-7-13-25(27)26-19-22-11-5-6-12-24(22)28(29(26)30)21-9-3-2-4-10-21/h2-19H,1H3. The molecule has 0 radical (unpaired) electrons. The summed E-state index contributed by atoms with van der Waals surface area (Å²) < 4.78 is 29.8. The van der Waals surface area contributed by atoms with Gasteiger partial charge in [-0.1, -0.05) is 90.5 Å². The minimum atomic E-state index is -3.85. The predicted molar refractivity (Wildman–Crippen MR) is 136 cm³/mol.